The van der Waals surface area contributed by atoms with Crippen molar-refractivity contribution in [3.05, 3.63) is 29.3 Å². The molecule has 2 nitrogen and oxygen atoms in total. The molecule has 2 N–H and O–H groups in total. The standard InChI is InChI=1S/C16H23NO/c1-11-3-6-15(18-2)13(7-11)10-16(17)9-12-4-5-14(16)8-12/h3,6-7,12,14H,4-5,8-10,17H2,1-2H3. The Morgan fingerprint density at radius 2 is 2.22 bits per heavy atom. The summed E-state index contributed by atoms with van der Waals surface area (Å²) in [6.07, 6.45) is 6.25. The molecule has 0 radical (unpaired) electrons. The molecule has 0 spiro atoms. The van der Waals surface area contributed by atoms with Crippen molar-refractivity contribution in [2.45, 2.75) is 44.6 Å². The SMILES string of the molecule is COc1ccc(C)cc1CC1(N)CC2CCC1C2. The Hall–Kier alpha value is -1.02. The molecule has 2 aliphatic carbocycles. The van der Waals surface area contributed by atoms with Crippen LogP contribution in [-0.2, 0) is 6.42 Å². The maximum absolute atomic E-state index is 6.69. The number of aryl methyl sites for hydroxylation is 1. The Kier molecular flexibility index (Phi) is 2.86. The van der Waals surface area contributed by atoms with Gasteiger partial charge in [0, 0.05) is 5.54 Å². The minimum Gasteiger partial charge on any atom is -0.496 e. The van der Waals surface area contributed by atoms with E-state index < -0.39 is 0 Å². The fourth-order valence-corrected chi connectivity index (χ4v) is 4.10. The first-order valence-electron chi connectivity index (χ1n) is 7.03. The number of nitrogens with two attached hydrogens (primary N) is 1. The second-order valence-corrected chi connectivity index (χ2v) is 6.31. The highest BCUT2D eigenvalue weighted by Crippen LogP contribution is 2.51. The van der Waals surface area contributed by atoms with Crippen LogP contribution in [0.3, 0.4) is 0 Å². The van der Waals surface area contributed by atoms with Crippen LogP contribution >= 0.6 is 0 Å². The van der Waals surface area contributed by atoms with Gasteiger partial charge in [-0.2, -0.15) is 0 Å². The average molecular weight is 245 g/mol. The Morgan fingerprint density at radius 1 is 1.39 bits per heavy atom. The minimum atomic E-state index is 0.0178. The van der Waals surface area contributed by atoms with E-state index in [0.717, 1.165) is 24.0 Å². The normalized spacial score (nSPS) is 33.9. The lowest BCUT2D eigenvalue weighted by Gasteiger charge is -2.34. The van der Waals surface area contributed by atoms with Gasteiger partial charge in [-0.3, -0.25) is 0 Å². The number of methoxy groups -OCH3 is 1. The number of fused-ring (bicyclic) bond motifs is 2. The second-order valence-electron chi connectivity index (χ2n) is 6.31. The molecule has 0 saturated heterocycles. The predicted octanol–water partition coefficient (Wildman–Crippen LogP) is 3.06. The maximum atomic E-state index is 6.69. The summed E-state index contributed by atoms with van der Waals surface area (Å²) in [5.74, 6) is 2.61. The summed E-state index contributed by atoms with van der Waals surface area (Å²) in [5.41, 5.74) is 9.29. The van der Waals surface area contributed by atoms with Gasteiger partial charge in [0.05, 0.1) is 7.11 Å². The molecule has 18 heavy (non-hydrogen) atoms. The molecule has 3 unspecified atom stereocenters. The van der Waals surface area contributed by atoms with E-state index in [-0.39, 0.29) is 5.54 Å². The van der Waals surface area contributed by atoms with E-state index in [9.17, 15) is 0 Å². The fourth-order valence-electron chi connectivity index (χ4n) is 4.10. The van der Waals surface area contributed by atoms with E-state index in [2.05, 4.69) is 25.1 Å². The second kappa shape index (κ2) is 4.27. The van der Waals surface area contributed by atoms with E-state index in [1.54, 1.807) is 7.11 Å². The highest BCUT2D eigenvalue weighted by Gasteiger charge is 2.48. The van der Waals surface area contributed by atoms with E-state index >= 15 is 0 Å². The Labute approximate surface area is 110 Å². The van der Waals surface area contributed by atoms with Gasteiger partial charge in [0.25, 0.3) is 0 Å². The lowest BCUT2D eigenvalue weighted by atomic mass is 9.77. The van der Waals surface area contributed by atoms with Crippen LogP contribution in [0, 0.1) is 18.8 Å². The first-order valence-corrected chi connectivity index (χ1v) is 7.03. The van der Waals surface area contributed by atoms with Crippen molar-refractivity contribution in [3.8, 4) is 5.75 Å². The fraction of sp³-hybridized carbons (Fsp3) is 0.625. The lowest BCUT2D eigenvalue weighted by molar-refractivity contribution is 0.266. The molecule has 2 bridgehead atoms. The quantitative estimate of drug-likeness (QED) is 0.888. The van der Waals surface area contributed by atoms with Gasteiger partial charge in [-0.25, -0.2) is 0 Å². The van der Waals surface area contributed by atoms with Crippen LogP contribution in [0.15, 0.2) is 18.2 Å². The summed E-state index contributed by atoms with van der Waals surface area (Å²) >= 11 is 0. The van der Waals surface area contributed by atoms with Gasteiger partial charge >= 0.3 is 0 Å². The smallest absolute Gasteiger partial charge is 0.122 e. The van der Waals surface area contributed by atoms with Crippen LogP contribution in [0.4, 0.5) is 0 Å². The van der Waals surface area contributed by atoms with E-state index in [0.29, 0.717) is 0 Å². The van der Waals surface area contributed by atoms with Crippen LogP contribution in [0.1, 0.15) is 36.8 Å². The third-order valence-corrected chi connectivity index (χ3v) is 4.98. The number of rotatable bonds is 3. The van der Waals surface area contributed by atoms with Crippen LogP contribution in [0.25, 0.3) is 0 Å². The summed E-state index contributed by atoms with van der Waals surface area (Å²) in [6, 6.07) is 6.41. The monoisotopic (exact) mass is 245 g/mol. The molecular formula is C16H23NO. The molecule has 1 aromatic carbocycles. The third kappa shape index (κ3) is 1.93. The average Bonchev–Trinajstić information content (AvgIpc) is 2.89. The lowest BCUT2D eigenvalue weighted by Crippen LogP contribution is -2.47. The highest BCUT2D eigenvalue weighted by molar-refractivity contribution is 5.38. The molecule has 0 heterocycles. The summed E-state index contributed by atoms with van der Waals surface area (Å²) < 4.78 is 5.48. The minimum absolute atomic E-state index is 0.0178. The summed E-state index contributed by atoms with van der Waals surface area (Å²) in [6.45, 7) is 2.13. The van der Waals surface area contributed by atoms with Gasteiger partial charge in [0.1, 0.15) is 5.75 Å². The van der Waals surface area contributed by atoms with Crippen molar-refractivity contribution < 1.29 is 4.74 Å². The molecule has 2 saturated carbocycles. The zero-order chi connectivity index (χ0) is 12.8. The molecule has 2 aliphatic rings. The zero-order valence-corrected chi connectivity index (χ0v) is 11.4. The van der Waals surface area contributed by atoms with Gasteiger partial charge in [0.2, 0.25) is 0 Å². The largest absolute Gasteiger partial charge is 0.496 e. The molecule has 1 aromatic rings. The number of hydrogen-bond acceptors (Lipinski definition) is 2. The number of benzene rings is 1. The van der Waals surface area contributed by atoms with Crippen LogP contribution in [0.5, 0.6) is 5.75 Å². The predicted molar refractivity (Wildman–Crippen MR) is 73.8 cm³/mol. The molecule has 98 valence electrons. The van der Waals surface area contributed by atoms with Crippen molar-refractivity contribution in [3.63, 3.8) is 0 Å². The summed E-state index contributed by atoms with van der Waals surface area (Å²) in [4.78, 5) is 0. The van der Waals surface area contributed by atoms with Crippen LogP contribution in [0.2, 0.25) is 0 Å². The van der Waals surface area contributed by atoms with Gasteiger partial charge in [-0.15, -0.1) is 0 Å². The van der Waals surface area contributed by atoms with Gasteiger partial charge < -0.3 is 10.5 Å². The third-order valence-electron chi connectivity index (χ3n) is 4.98. The van der Waals surface area contributed by atoms with Crippen LogP contribution in [-0.4, -0.2) is 12.6 Å². The molecule has 2 heteroatoms. The van der Waals surface area contributed by atoms with E-state index in [1.165, 1.54) is 36.8 Å². The highest BCUT2D eigenvalue weighted by atomic mass is 16.5. The molecule has 3 atom stereocenters. The van der Waals surface area contributed by atoms with Crippen molar-refractivity contribution in [2.24, 2.45) is 17.6 Å². The molecule has 0 aromatic heterocycles. The van der Waals surface area contributed by atoms with E-state index in [1.807, 2.05) is 0 Å². The van der Waals surface area contributed by atoms with Crippen molar-refractivity contribution in [1.82, 2.24) is 0 Å². The summed E-state index contributed by atoms with van der Waals surface area (Å²) in [5, 5.41) is 0. The summed E-state index contributed by atoms with van der Waals surface area (Å²) in [7, 11) is 1.75. The van der Waals surface area contributed by atoms with Crippen molar-refractivity contribution in [1.29, 1.82) is 0 Å². The number of hydrogen-bond donors (Lipinski definition) is 1. The van der Waals surface area contributed by atoms with E-state index in [4.69, 9.17) is 10.5 Å². The Balaban J connectivity index is 1.86. The van der Waals surface area contributed by atoms with Crippen molar-refractivity contribution >= 4 is 0 Å². The topological polar surface area (TPSA) is 35.2 Å². The molecule has 2 fully saturated rings. The molecule has 3 rings (SSSR count). The molecular weight excluding hydrogens is 222 g/mol. The first-order chi connectivity index (χ1) is 8.60. The zero-order valence-electron chi connectivity index (χ0n) is 11.4. The number of ether oxygens (including phenoxy) is 1. The van der Waals surface area contributed by atoms with Crippen molar-refractivity contribution in [2.75, 3.05) is 7.11 Å². The van der Waals surface area contributed by atoms with Gasteiger partial charge in [-0.1, -0.05) is 24.1 Å². The Bertz CT molecular complexity index is 456. The molecule has 0 aliphatic heterocycles. The molecule has 0 amide bonds. The Morgan fingerprint density at radius 3 is 2.83 bits per heavy atom. The van der Waals surface area contributed by atoms with Gasteiger partial charge in [-0.05, 0) is 56.1 Å². The van der Waals surface area contributed by atoms with Gasteiger partial charge in [0.15, 0.2) is 0 Å². The van der Waals surface area contributed by atoms with Crippen LogP contribution < -0.4 is 10.5 Å². The first kappa shape index (κ1) is 12.0. The maximum Gasteiger partial charge on any atom is 0.122 e.